The van der Waals surface area contributed by atoms with Gasteiger partial charge in [0, 0.05) is 0 Å². The van der Waals surface area contributed by atoms with Crippen molar-refractivity contribution in [3.8, 4) is 0 Å². The maximum atomic E-state index is 3.61. The van der Waals surface area contributed by atoms with Crippen molar-refractivity contribution in [1.29, 1.82) is 0 Å². The first-order valence-corrected chi connectivity index (χ1v) is 9.11. The number of rotatable bonds is 4. The van der Waals surface area contributed by atoms with E-state index in [0.29, 0.717) is 0 Å². The Labute approximate surface area is 118 Å². The molecule has 0 aromatic heterocycles. The number of hydrogen-bond acceptors (Lipinski definition) is 1. The molecule has 0 atom stereocenters. The Balaban J connectivity index is 2.54. The summed E-state index contributed by atoms with van der Waals surface area (Å²) in [5.41, 5.74) is 0. The molecule has 0 bridgehead atoms. The average molecular weight is 357 g/mol. The third-order valence-electron chi connectivity index (χ3n) is 3.22. The molecular formula is C14H17INP. The fraction of sp³-hybridized carbons (Fsp3) is 0.143. The molecule has 90 valence electrons. The zero-order valence-electron chi connectivity index (χ0n) is 9.86. The second kappa shape index (κ2) is 5.94. The van der Waals surface area contributed by atoms with Gasteiger partial charge in [-0.3, -0.25) is 0 Å². The van der Waals surface area contributed by atoms with Crippen molar-refractivity contribution in [3.05, 3.63) is 60.7 Å². The molecule has 0 fully saturated rings. The topological polar surface area (TPSA) is 12.0 Å². The van der Waals surface area contributed by atoms with E-state index in [-0.39, 0.29) is 0 Å². The SMILES string of the molecule is CC[PH](NI)(c1ccccc1)c1ccccc1. The van der Waals surface area contributed by atoms with Crippen LogP contribution in [0, 0.1) is 0 Å². The molecule has 0 saturated carbocycles. The van der Waals surface area contributed by atoms with Gasteiger partial charge < -0.3 is 0 Å². The summed E-state index contributed by atoms with van der Waals surface area (Å²) in [6.45, 7) is 2.28. The Hall–Kier alpha value is -0.440. The van der Waals surface area contributed by atoms with Gasteiger partial charge in [-0.1, -0.05) is 0 Å². The molecule has 0 heterocycles. The van der Waals surface area contributed by atoms with E-state index in [1.54, 1.807) is 0 Å². The number of halogens is 1. The molecule has 17 heavy (non-hydrogen) atoms. The summed E-state index contributed by atoms with van der Waals surface area (Å²) in [7, 11) is -1.76. The average Bonchev–Trinajstić information content (AvgIpc) is 2.43. The third kappa shape index (κ3) is 2.54. The first-order valence-electron chi connectivity index (χ1n) is 5.82. The van der Waals surface area contributed by atoms with E-state index in [9.17, 15) is 0 Å². The van der Waals surface area contributed by atoms with Crippen LogP contribution in [0.25, 0.3) is 0 Å². The second-order valence-electron chi connectivity index (χ2n) is 4.09. The molecule has 0 spiro atoms. The van der Waals surface area contributed by atoms with Crippen LogP contribution >= 0.6 is 30.3 Å². The predicted molar refractivity (Wildman–Crippen MR) is 88.2 cm³/mol. The molecule has 1 nitrogen and oxygen atoms in total. The Morgan fingerprint density at radius 1 is 0.882 bits per heavy atom. The number of benzene rings is 2. The van der Waals surface area contributed by atoms with E-state index in [0.717, 1.165) is 6.16 Å². The molecule has 2 rings (SSSR count). The molecule has 0 aliphatic carbocycles. The van der Waals surface area contributed by atoms with Crippen molar-refractivity contribution in [2.75, 3.05) is 6.16 Å². The molecular weight excluding hydrogens is 340 g/mol. The van der Waals surface area contributed by atoms with E-state index in [2.05, 4.69) is 93.8 Å². The van der Waals surface area contributed by atoms with E-state index < -0.39 is 7.41 Å². The number of hydrogen-bond donors (Lipinski definition) is 1. The third-order valence-corrected chi connectivity index (χ3v) is 10.0. The van der Waals surface area contributed by atoms with Crippen LogP contribution in [0.4, 0.5) is 0 Å². The van der Waals surface area contributed by atoms with Gasteiger partial charge in [-0.15, -0.1) is 0 Å². The van der Waals surface area contributed by atoms with Gasteiger partial charge in [0.25, 0.3) is 0 Å². The van der Waals surface area contributed by atoms with Gasteiger partial charge in [0.1, 0.15) is 0 Å². The van der Waals surface area contributed by atoms with Gasteiger partial charge in [-0.2, -0.15) is 0 Å². The minimum atomic E-state index is -1.76. The fourth-order valence-corrected chi connectivity index (χ4v) is 8.23. The van der Waals surface area contributed by atoms with Gasteiger partial charge in [0.15, 0.2) is 0 Å². The van der Waals surface area contributed by atoms with Crippen LogP contribution in [0.3, 0.4) is 0 Å². The standard InChI is InChI=1S/C14H17INP/c1-2-17(16-15,13-9-5-3-6-10-13)14-11-7-4-8-12-14/h3-12,16-17H,2H2,1H3. The fourth-order valence-electron chi connectivity index (χ4n) is 2.20. The normalized spacial score (nSPS) is 12.4. The summed E-state index contributed by atoms with van der Waals surface area (Å²) in [4.78, 5) is 0. The van der Waals surface area contributed by atoms with Crippen molar-refractivity contribution in [1.82, 2.24) is 3.30 Å². The molecule has 0 saturated heterocycles. The molecule has 3 heteroatoms. The van der Waals surface area contributed by atoms with Crippen molar-refractivity contribution in [3.63, 3.8) is 0 Å². The molecule has 0 aliphatic heterocycles. The van der Waals surface area contributed by atoms with Crippen LogP contribution < -0.4 is 13.9 Å². The zero-order chi connectivity index (χ0) is 12.1. The van der Waals surface area contributed by atoms with Gasteiger partial charge in [0.05, 0.1) is 0 Å². The summed E-state index contributed by atoms with van der Waals surface area (Å²) in [6, 6.07) is 21.7. The molecule has 0 unspecified atom stereocenters. The van der Waals surface area contributed by atoms with Crippen molar-refractivity contribution < 1.29 is 0 Å². The van der Waals surface area contributed by atoms with Crippen molar-refractivity contribution in [2.45, 2.75) is 6.92 Å². The number of nitrogens with one attached hydrogen (secondary N) is 1. The second-order valence-corrected chi connectivity index (χ2v) is 9.56. The zero-order valence-corrected chi connectivity index (χ0v) is 13.0. The summed E-state index contributed by atoms with van der Waals surface area (Å²) in [5, 5.41) is 2.89. The molecule has 0 radical (unpaired) electrons. The van der Waals surface area contributed by atoms with Crippen LogP contribution in [-0.2, 0) is 0 Å². The Morgan fingerprint density at radius 2 is 1.29 bits per heavy atom. The van der Waals surface area contributed by atoms with Crippen LogP contribution in [-0.4, -0.2) is 6.16 Å². The van der Waals surface area contributed by atoms with E-state index >= 15 is 0 Å². The quantitative estimate of drug-likeness (QED) is 0.503. The minimum absolute atomic E-state index is 1.16. The maximum absolute atomic E-state index is 3.61. The van der Waals surface area contributed by atoms with Gasteiger partial charge >= 0.3 is 118 Å². The summed E-state index contributed by atoms with van der Waals surface area (Å²) < 4.78 is 3.61. The Kier molecular flexibility index (Phi) is 4.55. The monoisotopic (exact) mass is 357 g/mol. The van der Waals surface area contributed by atoms with Crippen molar-refractivity contribution >= 4 is 40.9 Å². The van der Waals surface area contributed by atoms with Gasteiger partial charge in [0.2, 0.25) is 0 Å². The predicted octanol–water partition coefficient (Wildman–Crippen LogP) is 3.26. The first kappa shape index (κ1) is 13.0. The summed E-state index contributed by atoms with van der Waals surface area (Å²) in [6.07, 6.45) is 1.16. The first-order chi connectivity index (χ1) is 8.33. The van der Waals surface area contributed by atoms with E-state index in [1.165, 1.54) is 10.6 Å². The Morgan fingerprint density at radius 3 is 1.59 bits per heavy atom. The molecule has 0 amide bonds. The molecule has 0 aliphatic rings. The summed E-state index contributed by atoms with van der Waals surface area (Å²) >= 11 is 2.32. The molecule has 2 aromatic carbocycles. The van der Waals surface area contributed by atoms with E-state index in [1.807, 2.05) is 0 Å². The van der Waals surface area contributed by atoms with Gasteiger partial charge in [-0.05, 0) is 0 Å². The van der Waals surface area contributed by atoms with Crippen LogP contribution in [0.2, 0.25) is 0 Å². The van der Waals surface area contributed by atoms with Gasteiger partial charge in [-0.25, -0.2) is 0 Å². The van der Waals surface area contributed by atoms with Crippen LogP contribution in [0.1, 0.15) is 6.92 Å². The summed E-state index contributed by atoms with van der Waals surface area (Å²) in [5.74, 6) is 0. The molecule has 2 aromatic rings. The van der Waals surface area contributed by atoms with Crippen LogP contribution in [0.5, 0.6) is 0 Å². The molecule has 1 N–H and O–H groups in total. The van der Waals surface area contributed by atoms with Crippen molar-refractivity contribution in [2.24, 2.45) is 0 Å². The van der Waals surface area contributed by atoms with Crippen LogP contribution in [0.15, 0.2) is 60.7 Å². The Bertz CT molecular complexity index is 413. The van der Waals surface area contributed by atoms with E-state index in [4.69, 9.17) is 0 Å².